The Bertz CT molecular complexity index is 976. The van der Waals surface area contributed by atoms with Crippen molar-refractivity contribution in [2.75, 3.05) is 0 Å². The molecule has 0 N–H and O–H groups in total. The van der Waals surface area contributed by atoms with Crippen molar-refractivity contribution < 1.29 is 13.9 Å². The van der Waals surface area contributed by atoms with Crippen molar-refractivity contribution >= 4 is 40.1 Å². The van der Waals surface area contributed by atoms with Crippen LogP contribution >= 0.6 is 23.2 Å². The van der Waals surface area contributed by atoms with E-state index >= 15 is 0 Å². The first-order chi connectivity index (χ1) is 11.0. The normalized spacial score (nSPS) is 10.7. The highest BCUT2D eigenvalue weighted by atomic mass is 35.5. The molecule has 0 bridgehead atoms. The Hall–Kier alpha value is -2.30. The van der Waals surface area contributed by atoms with Crippen LogP contribution in [0.15, 0.2) is 51.7 Å². The summed E-state index contributed by atoms with van der Waals surface area (Å²) in [6, 6.07) is 11.5. The van der Waals surface area contributed by atoms with E-state index in [9.17, 15) is 9.59 Å². The predicted octanol–water partition coefficient (Wildman–Crippen LogP) is 4.69. The number of esters is 1. The molecule has 3 aromatic rings. The first kappa shape index (κ1) is 15.6. The Morgan fingerprint density at radius 2 is 1.83 bits per heavy atom. The molecule has 4 nitrogen and oxygen atoms in total. The number of carbonyl (C=O) groups is 1. The Morgan fingerprint density at radius 3 is 2.52 bits per heavy atom. The molecule has 0 unspecified atom stereocenters. The topological polar surface area (TPSA) is 56.5 Å². The zero-order valence-corrected chi connectivity index (χ0v) is 13.4. The number of fused-ring (bicyclic) bond motifs is 1. The van der Waals surface area contributed by atoms with E-state index in [-0.39, 0.29) is 11.5 Å². The molecule has 0 saturated heterocycles. The minimum atomic E-state index is -0.617. The van der Waals surface area contributed by atoms with Gasteiger partial charge in [-0.05, 0) is 30.3 Å². The van der Waals surface area contributed by atoms with Crippen molar-refractivity contribution in [1.29, 1.82) is 0 Å². The number of para-hydroxylation sites is 1. The standard InChI is InChI=1S/C17H10Cl2O4/c1-9(20)22-17-15(21)11-4-2-3-5-14(11)23-16(17)10-6-7-12(18)13(19)8-10/h2-8H,1H3. The third-order valence-electron chi connectivity index (χ3n) is 3.18. The summed E-state index contributed by atoms with van der Waals surface area (Å²) in [5, 5.41) is 0.994. The van der Waals surface area contributed by atoms with E-state index in [0.29, 0.717) is 26.6 Å². The maximum absolute atomic E-state index is 12.6. The second kappa shape index (κ2) is 6.07. The van der Waals surface area contributed by atoms with Crippen molar-refractivity contribution in [3.05, 3.63) is 62.7 Å². The molecule has 0 fully saturated rings. The monoisotopic (exact) mass is 348 g/mol. The van der Waals surface area contributed by atoms with E-state index in [4.69, 9.17) is 32.4 Å². The summed E-state index contributed by atoms with van der Waals surface area (Å²) >= 11 is 11.9. The summed E-state index contributed by atoms with van der Waals surface area (Å²) < 4.78 is 10.9. The largest absolute Gasteiger partial charge is 0.452 e. The SMILES string of the molecule is CC(=O)Oc1c(-c2ccc(Cl)c(Cl)c2)oc2ccccc2c1=O. The highest BCUT2D eigenvalue weighted by molar-refractivity contribution is 6.42. The van der Waals surface area contributed by atoms with Gasteiger partial charge in [0.05, 0.1) is 15.4 Å². The molecule has 2 aromatic carbocycles. The van der Waals surface area contributed by atoms with Gasteiger partial charge in [-0.2, -0.15) is 0 Å². The van der Waals surface area contributed by atoms with E-state index in [1.165, 1.54) is 6.92 Å². The molecule has 6 heteroatoms. The lowest BCUT2D eigenvalue weighted by Gasteiger charge is -2.10. The summed E-state index contributed by atoms with van der Waals surface area (Å²) in [5.41, 5.74) is 0.441. The van der Waals surface area contributed by atoms with Gasteiger partial charge in [-0.1, -0.05) is 35.3 Å². The fourth-order valence-electron chi connectivity index (χ4n) is 2.19. The summed E-state index contributed by atoms with van der Waals surface area (Å²) in [5.74, 6) is -0.661. The zero-order valence-electron chi connectivity index (χ0n) is 11.9. The maximum atomic E-state index is 12.6. The minimum absolute atomic E-state index is 0.127. The molecule has 1 heterocycles. The molecular formula is C17H10Cl2O4. The van der Waals surface area contributed by atoms with Gasteiger partial charge in [0.2, 0.25) is 11.2 Å². The van der Waals surface area contributed by atoms with E-state index in [1.807, 2.05) is 0 Å². The van der Waals surface area contributed by atoms with Crippen LogP contribution in [0.2, 0.25) is 10.0 Å². The van der Waals surface area contributed by atoms with Gasteiger partial charge in [-0.3, -0.25) is 9.59 Å². The lowest BCUT2D eigenvalue weighted by molar-refractivity contribution is -0.131. The number of hydrogen-bond donors (Lipinski definition) is 0. The Kier molecular flexibility index (Phi) is 4.11. The molecule has 0 aliphatic rings. The lowest BCUT2D eigenvalue weighted by atomic mass is 10.1. The van der Waals surface area contributed by atoms with Crippen molar-refractivity contribution in [1.82, 2.24) is 0 Å². The summed E-state index contributed by atoms with van der Waals surface area (Å²) in [6.45, 7) is 1.22. The number of ether oxygens (including phenoxy) is 1. The molecule has 0 radical (unpaired) electrons. The van der Waals surface area contributed by atoms with Gasteiger partial charge in [0.15, 0.2) is 5.76 Å². The molecule has 23 heavy (non-hydrogen) atoms. The van der Waals surface area contributed by atoms with Gasteiger partial charge >= 0.3 is 5.97 Å². The van der Waals surface area contributed by atoms with Gasteiger partial charge in [-0.25, -0.2) is 0 Å². The van der Waals surface area contributed by atoms with Crippen LogP contribution in [0.3, 0.4) is 0 Å². The molecule has 0 amide bonds. The van der Waals surface area contributed by atoms with Crippen molar-refractivity contribution in [3.63, 3.8) is 0 Å². The molecular weight excluding hydrogens is 339 g/mol. The van der Waals surface area contributed by atoms with Gasteiger partial charge < -0.3 is 9.15 Å². The highest BCUT2D eigenvalue weighted by Crippen LogP contribution is 2.34. The third kappa shape index (κ3) is 2.96. The second-order valence-electron chi connectivity index (χ2n) is 4.81. The van der Waals surface area contributed by atoms with E-state index in [1.54, 1.807) is 42.5 Å². The number of hydrogen-bond acceptors (Lipinski definition) is 4. The number of benzene rings is 2. The average Bonchev–Trinajstić information content (AvgIpc) is 2.52. The second-order valence-corrected chi connectivity index (χ2v) is 5.62. The zero-order chi connectivity index (χ0) is 16.6. The number of carbonyl (C=O) groups excluding carboxylic acids is 1. The number of halogens is 2. The van der Waals surface area contributed by atoms with Crippen LogP contribution in [0.25, 0.3) is 22.3 Å². The van der Waals surface area contributed by atoms with Gasteiger partial charge in [0, 0.05) is 12.5 Å². The average molecular weight is 349 g/mol. The molecule has 0 aliphatic heterocycles. The van der Waals surface area contributed by atoms with Crippen LogP contribution in [0.5, 0.6) is 5.75 Å². The van der Waals surface area contributed by atoms with Gasteiger partial charge in [0.25, 0.3) is 0 Å². The van der Waals surface area contributed by atoms with E-state index in [2.05, 4.69) is 0 Å². The van der Waals surface area contributed by atoms with E-state index < -0.39 is 11.4 Å². The van der Waals surface area contributed by atoms with Crippen LogP contribution in [0, 0.1) is 0 Å². The Morgan fingerprint density at radius 1 is 1.09 bits per heavy atom. The van der Waals surface area contributed by atoms with Crippen molar-refractivity contribution in [3.8, 4) is 17.1 Å². The summed E-state index contributed by atoms with van der Waals surface area (Å²) in [6.07, 6.45) is 0. The Labute approximate surface area is 141 Å². The highest BCUT2D eigenvalue weighted by Gasteiger charge is 2.19. The van der Waals surface area contributed by atoms with Crippen LogP contribution in [0.1, 0.15) is 6.92 Å². The van der Waals surface area contributed by atoms with Gasteiger partial charge in [-0.15, -0.1) is 0 Å². The van der Waals surface area contributed by atoms with Crippen molar-refractivity contribution in [2.45, 2.75) is 6.92 Å². The van der Waals surface area contributed by atoms with Crippen molar-refractivity contribution in [2.24, 2.45) is 0 Å². The quantitative estimate of drug-likeness (QED) is 0.630. The minimum Gasteiger partial charge on any atom is -0.452 e. The smallest absolute Gasteiger partial charge is 0.308 e. The molecule has 0 aliphatic carbocycles. The third-order valence-corrected chi connectivity index (χ3v) is 3.92. The number of rotatable bonds is 2. The summed E-state index contributed by atoms with van der Waals surface area (Å²) in [4.78, 5) is 24.0. The Balaban J connectivity index is 2.35. The first-order valence-corrected chi connectivity index (χ1v) is 7.42. The fraction of sp³-hybridized carbons (Fsp3) is 0.0588. The van der Waals surface area contributed by atoms with Crippen LogP contribution in [-0.2, 0) is 4.79 Å². The molecule has 0 saturated carbocycles. The lowest BCUT2D eigenvalue weighted by Crippen LogP contribution is -2.13. The first-order valence-electron chi connectivity index (χ1n) is 6.67. The van der Waals surface area contributed by atoms with Crippen LogP contribution < -0.4 is 10.2 Å². The molecule has 0 spiro atoms. The van der Waals surface area contributed by atoms with Gasteiger partial charge in [0.1, 0.15) is 5.58 Å². The molecule has 3 rings (SSSR count). The maximum Gasteiger partial charge on any atom is 0.308 e. The summed E-state index contributed by atoms with van der Waals surface area (Å²) in [7, 11) is 0. The van der Waals surface area contributed by atoms with Crippen LogP contribution in [0.4, 0.5) is 0 Å². The van der Waals surface area contributed by atoms with Crippen LogP contribution in [-0.4, -0.2) is 5.97 Å². The fourth-order valence-corrected chi connectivity index (χ4v) is 2.49. The molecule has 1 aromatic heterocycles. The molecule has 116 valence electrons. The predicted molar refractivity (Wildman–Crippen MR) is 89.2 cm³/mol. The molecule has 0 atom stereocenters. The van der Waals surface area contributed by atoms with E-state index in [0.717, 1.165) is 0 Å².